The Labute approximate surface area is 105 Å². The van der Waals surface area contributed by atoms with Gasteiger partial charge in [0.25, 0.3) is 0 Å². The molecule has 0 radical (unpaired) electrons. The third-order valence-corrected chi connectivity index (χ3v) is 3.25. The van der Waals surface area contributed by atoms with E-state index in [2.05, 4.69) is 41.9 Å². The number of ether oxygens (including phenoxy) is 1. The first-order chi connectivity index (χ1) is 7.54. The molecule has 0 saturated heterocycles. The van der Waals surface area contributed by atoms with E-state index in [1.54, 1.807) is 0 Å². The van der Waals surface area contributed by atoms with Gasteiger partial charge in [0.15, 0.2) is 0 Å². The van der Waals surface area contributed by atoms with Crippen LogP contribution < -0.4 is 0 Å². The van der Waals surface area contributed by atoms with Gasteiger partial charge in [-0.25, -0.2) is 0 Å². The van der Waals surface area contributed by atoms with Crippen LogP contribution >= 0.6 is 15.9 Å². The summed E-state index contributed by atoms with van der Waals surface area (Å²) < 4.78 is 5.78. The topological polar surface area (TPSA) is 26.3 Å². The van der Waals surface area contributed by atoms with Crippen LogP contribution in [0.3, 0.4) is 0 Å². The maximum absolute atomic E-state index is 11.3. The van der Waals surface area contributed by atoms with E-state index in [1.165, 1.54) is 12.7 Å². The lowest BCUT2D eigenvalue weighted by Gasteiger charge is -2.20. The van der Waals surface area contributed by atoms with Gasteiger partial charge in [0.2, 0.25) is 0 Å². The Morgan fingerprint density at radius 3 is 2.31 bits per heavy atom. The molecule has 2 nitrogen and oxygen atoms in total. The van der Waals surface area contributed by atoms with E-state index < -0.39 is 0 Å². The maximum Gasteiger partial charge on any atom is 0.306 e. The molecule has 1 rings (SSSR count). The van der Waals surface area contributed by atoms with Gasteiger partial charge in [-0.2, -0.15) is 0 Å². The SMILES string of the molecule is COC(=O)CC(c1ccc(Br)cc1)C(C)C. The molecule has 3 heteroatoms. The summed E-state index contributed by atoms with van der Waals surface area (Å²) >= 11 is 3.40. The average molecular weight is 285 g/mol. The lowest BCUT2D eigenvalue weighted by molar-refractivity contribution is -0.141. The fourth-order valence-corrected chi connectivity index (χ4v) is 1.98. The minimum Gasteiger partial charge on any atom is -0.469 e. The minimum absolute atomic E-state index is 0.151. The van der Waals surface area contributed by atoms with Crippen LogP contribution in [0.1, 0.15) is 31.7 Å². The monoisotopic (exact) mass is 284 g/mol. The van der Waals surface area contributed by atoms with Gasteiger partial charge in [-0.05, 0) is 29.5 Å². The van der Waals surface area contributed by atoms with Gasteiger partial charge < -0.3 is 4.74 Å². The fourth-order valence-electron chi connectivity index (χ4n) is 1.71. The lowest BCUT2D eigenvalue weighted by Crippen LogP contribution is -2.13. The first-order valence-electron chi connectivity index (χ1n) is 5.37. The molecule has 1 atom stereocenters. The summed E-state index contributed by atoms with van der Waals surface area (Å²) in [5.74, 6) is 0.488. The Balaban J connectivity index is 2.85. The van der Waals surface area contributed by atoms with Crippen LogP contribution in [0.4, 0.5) is 0 Å². The summed E-state index contributed by atoms with van der Waals surface area (Å²) in [6, 6.07) is 8.11. The highest BCUT2D eigenvalue weighted by atomic mass is 79.9. The quantitative estimate of drug-likeness (QED) is 0.787. The summed E-state index contributed by atoms with van der Waals surface area (Å²) in [5.41, 5.74) is 1.18. The molecule has 0 spiro atoms. The zero-order valence-electron chi connectivity index (χ0n) is 9.87. The van der Waals surface area contributed by atoms with Crippen molar-refractivity contribution in [2.45, 2.75) is 26.2 Å². The van der Waals surface area contributed by atoms with E-state index in [9.17, 15) is 4.79 Å². The number of hydrogen-bond acceptors (Lipinski definition) is 2. The second kappa shape index (κ2) is 6.04. The first kappa shape index (κ1) is 13.2. The highest BCUT2D eigenvalue weighted by molar-refractivity contribution is 9.10. The Kier molecular flexibility index (Phi) is 5.00. The van der Waals surface area contributed by atoms with Crippen molar-refractivity contribution in [1.29, 1.82) is 0 Å². The zero-order valence-corrected chi connectivity index (χ0v) is 11.5. The Morgan fingerprint density at radius 1 is 1.31 bits per heavy atom. The Hall–Kier alpha value is -0.830. The van der Waals surface area contributed by atoms with Crippen LogP contribution in [0.15, 0.2) is 28.7 Å². The summed E-state index contributed by atoms with van der Waals surface area (Å²) in [5, 5.41) is 0. The van der Waals surface area contributed by atoms with Crippen molar-refractivity contribution >= 4 is 21.9 Å². The zero-order chi connectivity index (χ0) is 12.1. The number of methoxy groups -OCH3 is 1. The molecule has 0 N–H and O–H groups in total. The van der Waals surface area contributed by atoms with Crippen molar-refractivity contribution in [3.05, 3.63) is 34.3 Å². The molecule has 0 heterocycles. The van der Waals surface area contributed by atoms with Crippen LogP contribution in [0.25, 0.3) is 0 Å². The number of benzene rings is 1. The summed E-state index contributed by atoms with van der Waals surface area (Å²) in [6.45, 7) is 4.24. The van der Waals surface area contributed by atoms with Crippen molar-refractivity contribution in [2.75, 3.05) is 7.11 Å². The van der Waals surface area contributed by atoms with Crippen LogP contribution in [-0.2, 0) is 9.53 Å². The Morgan fingerprint density at radius 2 is 1.88 bits per heavy atom. The number of rotatable bonds is 4. The van der Waals surface area contributed by atoms with E-state index >= 15 is 0 Å². The standard InChI is InChI=1S/C13H17BrO2/c1-9(2)12(8-13(15)16-3)10-4-6-11(14)7-5-10/h4-7,9,12H,8H2,1-3H3. The molecule has 0 aliphatic carbocycles. The average Bonchev–Trinajstić information content (AvgIpc) is 2.26. The van der Waals surface area contributed by atoms with E-state index in [4.69, 9.17) is 4.74 Å². The maximum atomic E-state index is 11.3. The summed E-state index contributed by atoms with van der Waals surface area (Å²) in [7, 11) is 1.43. The predicted molar refractivity (Wildman–Crippen MR) is 68.4 cm³/mol. The predicted octanol–water partition coefficient (Wildman–Crippen LogP) is 3.75. The molecule has 0 amide bonds. The minimum atomic E-state index is -0.151. The molecular formula is C13H17BrO2. The highest BCUT2D eigenvalue weighted by Crippen LogP contribution is 2.29. The van der Waals surface area contributed by atoms with Crippen molar-refractivity contribution in [3.63, 3.8) is 0 Å². The van der Waals surface area contributed by atoms with Gasteiger partial charge in [0.05, 0.1) is 13.5 Å². The van der Waals surface area contributed by atoms with Gasteiger partial charge >= 0.3 is 5.97 Å². The summed E-state index contributed by atoms with van der Waals surface area (Å²) in [6.07, 6.45) is 0.440. The van der Waals surface area contributed by atoms with E-state index in [-0.39, 0.29) is 11.9 Å². The smallest absolute Gasteiger partial charge is 0.306 e. The highest BCUT2D eigenvalue weighted by Gasteiger charge is 2.19. The van der Waals surface area contributed by atoms with Crippen molar-refractivity contribution in [3.8, 4) is 0 Å². The van der Waals surface area contributed by atoms with Crippen molar-refractivity contribution < 1.29 is 9.53 Å². The lowest BCUT2D eigenvalue weighted by atomic mass is 9.86. The normalized spacial score (nSPS) is 12.6. The molecule has 1 aromatic carbocycles. The molecule has 0 aliphatic rings. The third kappa shape index (κ3) is 3.63. The van der Waals surface area contributed by atoms with Crippen molar-refractivity contribution in [2.24, 2.45) is 5.92 Å². The molecule has 1 aromatic rings. The second-order valence-corrected chi connectivity index (χ2v) is 5.10. The van der Waals surface area contributed by atoms with Crippen molar-refractivity contribution in [1.82, 2.24) is 0 Å². The van der Waals surface area contributed by atoms with Gasteiger partial charge in [0, 0.05) is 4.47 Å². The van der Waals surface area contributed by atoms with Crippen LogP contribution in [-0.4, -0.2) is 13.1 Å². The summed E-state index contributed by atoms with van der Waals surface area (Å²) in [4.78, 5) is 11.3. The number of esters is 1. The van der Waals surface area contributed by atoms with Gasteiger partial charge in [0.1, 0.15) is 0 Å². The van der Waals surface area contributed by atoms with Crippen LogP contribution in [0, 0.1) is 5.92 Å². The molecule has 0 bridgehead atoms. The van der Waals surface area contributed by atoms with Gasteiger partial charge in [-0.3, -0.25) is 4.79 Å². The van der Waals surface area contributed by atoms with Crippen LogP contribution in [0.5, 0.6) is 0 Å². The second-order valence-electron chi connectivity index (χ2n) is 4.18. The fraction of sp³-hybridized carbons (Fsp3) is 0.462. The van der Waals surface area contributed by atoms with E-state index in [0.29, 0.717) is 12.3 Å². The number of halogens is 1. The van der Waals surface area contributed by atoms with Gasteiger partial charge in [-0.1, -0.05) is 41.9 Å². The molecule has 0 fully saturated rings. The van der Waals surface area contributed by atoms with Crippen LogP contribution in [0.2, 0.25) is 0 Å². The number of hydrogen-bond donors (Lipinski definition) is 0. The molecule has 0 aromatic heterocycles. The molecule has 16 heavy (non-hydrogen) atoms. The van der Waals surface area contributed by atoms with E-state index in [1.807, 2.05) is 12.1 Å². The Bertz CT molecular complexity index is 343. The first-order valence-corrected chi connectivity index (χ1v) is 6.16. The largest absolute Gasteiger partial charge is 0.469 e. The molecule has 0 aliphatic heterocycles. The third-order valence-electron chi connectivity index (χ3n) is 2.72. The molecular weight excluding hydrogens is 268 g/mol. The molecule has 0 saturated carbocycles. The molecule has 88 valence electrons. The van der Waals surface area contributed by atoms with Gasteiger partial charge in [-0.15, -0.1) is 0 Å². The molecule has 1 unspecified atom stereocenters. The van der Waals surface area contributed by atoms with E-state index in [0.717, 1.165) is 4.47 Å². The number of carbonyl (C=O) groups is 1. The number of carbonyl (C=O) groups excluding carboxylic acids is 1.